The number of benzene rings is 1. The molecule has 0 bridgehead atoms. The molecule has 2 atom stereocenters. The molecule has 0 amide bonds. The molecule has 9 heteroatoms. The number of ether oxygens (including phenoxy) is 3. The Hall–Kier alpha value is -2.65. The molecule has 1 saturated heterocycles. The first-order valence-corrected chi connectivity index (χ1v) is 11.5. The topological polar surface area (TPSA) is 60.8 Å². The Morgan fingerprint density at radius 3 is 2.64 bits per heavy atom. The maximum absolute atomic E-state index is 6.57. The van der Waals surface area contributed by atoms with Crippen molar-refractivity contribution in [2.24, 2.45) is 0 Å². The summed E-state index contributed by atoms with van der Waals surface area (Å²) in [5, 5.41) is 4.60. The first-order chi connectivity index (χ1) is 16.1. The summed E-state index contributed by atoms with van der Waals surface area (Å²) in [7, 11) is 3.34. The second kappa shape index (κ2) is 11.0. The number of methoxy groups -OCH3 is 2. The third kappa shape index (κ3) is 5.14. The van der Waals surface area contributed by atoms with Crippen LogP contribution in [0.25, 0.3) is 0 Å². The van der Waals surface area contributed by atoms with Gasteiger partial charge in [-0.3, -0.25) is 4.98 Å². The quantitative estimate of drug-likeness (QED) is 0.337. The highest BCUT2D eigenvalue weighted by molar-refractivity contribution is 7.80. The molecule has 0 aliphatic carbocycles. The summed E-state index contributed by atoms with van der Waals surface area (Å²) in [4.78, 5) is 6.70. The van der Waals surface area contributed by atoms with Gasteiger partial charge in [0.1, 0.15) is 18.4 Å². The highest BCUT2D eigenvalue weighted by atomic mass is 35.5. The highest BCUT2D eigenvalue weighted by Gasteiger charge is 2.42. The van der Waals surface area contributed by atoms with E-state index in [2.05, 4.69) is 32.0 Å². The molecule has 0 radical (unpaired) electrons. The lowest BCUT2D eigenvalue weighted by molar-refractivity contribution is 0.146. The molecule has 1 N–H and O–H groups in total. The molecule has 1 aliphatic heterocycles. The molecule has 3 aromatic rings. The van der Waals surface area contributed by atoms with Crippen molar-refractivity contribution in [1.29, 1.82) is 0 Å². The monoisotopic (exact) mass is 486 g/mol. The first-order valence-electron chi connectivity index (χ1n) is 10.7. The molecule has 0 saturated carbocycles. The summed E-state index contributed by atoms with van der Waals surface area (Å²) >= 11 is 12.4. The maximum Gasteiger partial charge on any atom is 0.174 e. The number of halogens is 1. The molecule has 3 heterocycles. The normalized spacial score (nSPS) is 17.9. The van der Waals surface area contributed by atoms with Crippen LogP contribution in [0.3, 0.4) is 0 Å². The first kappa shape index (κ1) is 23.5. The van der Waals surface area contributed by atoms with Crippen molar-refractivity contribution in [3.05, 3.63) is 77.3 Å². The molecular formula is C24H27ClN4O3S. The molecule has 7 nitrogen and oxygen atoms in total. The van der Waals surface area contributed by atoms with Crippen LogP contribution in [0.15, 0.2) is 60.9 Å². The van der Waals surface area contributed by atoms with Gasteiger partial charge in [0.25, 0.3) is 0 Å². The summed E-state index contributed by atoms with van der Waals surface area (Å²) in [5.74, 6) is 0.608. The predicted octanol–water partition coefficient (Wildman–Crippen LogP) is 4.39. The number of rotatable bonds is 10. The number of nitrogens with zero attached hydrogens (tertiary/aromatic N) is 3. The summed E-state index contributed by atoms with van der Waals surface area (Å²) in [5.41, 5.74) is 2.89. The van der Waals surface area contributed by atoms with Gasteiger partial charge in [-0.2, -0.15) is 0 Å². The Morgan fingerprint density at radius 1 is 1.06 bits per heavy atom. The van der Waals surface area contributed by atoms with E-state index in [0.29, 0.717) is 35.7 Å². The number of hydrogen-bond donors (Lipinski definition) is 1. The maximum atomic E-state index is 6.57. The van der Waals surface area contributed by atoms with E-state index in [1.54, 1.807) is 20.4 Å². The number of hydrogen-bond acceptors (Lipinski definition) is 5. The minimum atomic E-state index is -0.133. The van der Waals surface area contributed by atoms with Crippen LogP contribution in [-0.2, 0) is 16.0 Å². The lowest BCUT2D eigenvalue weighted by Gasteiger charge is -2.29. The van der Waals surface area contributed by atoms with Crippen molar-refractivity contribution in [1.82, 2.24) is 14.9 Å². The van der Waals surface area contributed by atoms with Crippen molar-refractivity contribution in [3.63, 3.8) is 0 Å². The molecular weight excluding hydrogens is 460 g/mol. The van der Waals surface area contributed by atoms with Crippen molar-refractivity contribution in [2.75, 3.05) is 38.9 Å². The van der Waals surface area contributed by atoms with Crippen LogP contribution in [0, 0.1) is 0 Å². The van der Waals surface area contributed by atoms with E-state index in [1.165, 1.54) is 0 Å². The van der Waals surface area contributed by atoms with E-state index in [0.717, 1.165) is 23.6 Å². The molecule has 1 aliphatic rings. The molecule has 0 unspecified atom stereocenters. The second-order valence-corrected chi connectivity index (χ2v) is 8.37. The molecule has 33 heavy (non-hydrogen) atoms. The van der Waals surface area contributed by atoms with Crippen LogP contribution >= 0.6 is 23.8 Å². The third-order valence-electron chi connectivity index (χ3n) is 5.54. The highest BCUT2D eigenvalue weighted by Crippen LogP contribution is 2.43. The van der Waals surface area contributed by atoms with E-state index in [9.17, 15) is 0 Å². The van der Waals surface area contributed by atoms with Crippen molar-refractivity contribution in [2.45, 2.75) is 18.6 Å². The Morgan fingerprint density at radius 2 is 1.91 bits per heavy atom. The van der Waals surface area contributed by atoms with Gasteiger partial charge in [0.2, 0.25) is 0 Å². The Balaban J connectivity index is 1.72. The minimum Gasteiger partial charge on any atom is -0.490 e. The smallest absolute Gasteiger partial charge is 0.174 e. The van der Waals surface area contributed by atoms with Crippen LogP contribution in [0.4, 0.5) is 5.69 Å². The molecule has 0 spiro atoms. The van der Waals surface area contributed by atoms with Gasteiger partial charge in [-0.15, -0.1) is 0 Å². The number of nitrogens with one attached hydrogen (secondary N) is 1. The zero-order chi connectivity index (χ0) is 23.2. The van der Waals surface area contributed by atoms with E-state index < -0.39 is 0 Å². The Kier molecular flexibility index (Phi) is 7.82. The van der Waals surface area contributed by atoms with Gasteiger partial charge in [0.05, 0.1) is 30.0 Å². The standard InChI is InChI=1S/C24H27ClN4O3S/c1-30-13-12-28-11-5-7-20(28)23-22(19-6-3-4-10-26-19)27-24(33)29(23)17-8-9-21(18(25)16-17)32-15-14-31-2/h3-11,16,22-23H,12-15H2,1-2H3,(H,27,33)/t22-,23+/m0/s1. The zero-order valence-electron chi connectivity index (χ0n) is 18.6. The van der Waals surface area contributed by atoms with Crippen LogP contribution < -0.4 is 15.0 Å². The van der Waals surface area contributed by atoms with Crippen LogP contribution in [-0.4, -0.2) is 48.7 Å². The van der Waals surface area contributed by atoms with Gasteiger partial charge in [-0.1, -0.05) is 17.7 Å². The van der Waals surface area contributed by atoms with Gasteiger partial charge < -0.3 is 29.0 Å². The van der Waals surface area contributed by atoms with Crippen molar-refractivity contribution < 1.29 is 14.2 Å². The van der Waals surface area contributed by atoms with Crippen LogP contribution in [0.2, 0.25) is 5.02 Å². The molecule has 174 valence electrons. The fourth-order valence-corrected chi connectivity index (χ4v) is 4.59. The summed E-state index contributed by atoms with van der Waals surface area (Å²) in [6.07, 6.45) is 3.86. The Bertz CT molecular complexity index is 1080. The zero-order valence-corrected chi connectivity index (χ0v) is 20.2. The van der Waals surface area contributed by atoms with Crippen LogP contribution in [0.1, 0.15) is 23.5 Å². The van der Waals surface area contributed by atoms with E-state index in [1.807, 2.05) is 42.5 Å². The van der Waals surface area contributed by atoms with Crippen molar-refractivity contribution >= 4 is 34.6 Å². The second-order valence-electron chi connectivity index (χ2n) is 7.57. The van der Waals surface area contributed by atoms with Gasteiger partial charge >= 0.3 is 0 Å². The van der Waals surface area contributed by atoms with Crippen LogP contribution in [0.5, 0.6) is 5.75 Å². The molecule has 1 aromatic carbocycles. The average molecular weight is 487 g/mol. The summed E-state index contributed by atoms with van der Waals surface area (Å²) < 4.78 is 18.3. The molecule has 4 rings (SSSR count). The van der Waals surface area contributed by atoms with Gasteiger partial charge in [0, 0.05) is 44.5 Å². The largest absolute Gasteiger partial charge is 0.490 e. The summed E-state index contributed by atoms with van der Waals surface area (Å²) in [6, 6.07) is 15.5. The molecule has 1 fully saturated rings. The van der Waals surface area contributed by atoms with E-state index in [-0.39, 0.29) is 12.1 Å². The van der Waals surface area contributed by atoms with Gasteiger partial charge in [-0.05, 0) is 54.7 Å². The number of anilines is 1. The lowest BCUT2D eigenvalue weighted by atomic mass is 10.0. The predicted molar refractivity (Wildman–Crippen MR) is 133 cm³/mol. The van der Waals surface area contributed by atoms with Gasteiger partial charge in [-0.25, -0.2) is 0 Å². The number of pyridine rings is 1. The van der Waals surface area contributed by atoms with Crippen molar-refractivity contribution in [3.8, 4) is 5.75 Å². The SMILES string of the molecule is COCCOc1ccc(N2C(=S)N[C@@H](c3ccccn3)[C@H]2c2cccn2CCOC)cc1Cl. The average Bonchev–Trinajstić information content (AvgIpc) is 3.43. The summed E-state index contributed by atoms with van der Waals surface area (Å²) in [6.45, 7) is 2.26. The minimum absolute atomic E-state index is 0.129. The fourth-order valence-electron chi connectivity index (χ4n) is 4.01. The fraction of sp³-hybridized carbons (Fsp3) is 0.333. The molecule has 2 aromatic heterocycles. The van der Waals surface area contributed by atoms with E-state index >= 15 is 0 Å². The number of thiocarbonyl (C=S) groups is 1. The van der Waals surface area contributed by atoms with Gasteiger partial charge in [0.15, 0.2) is 5.11 Å². The van der Waals surface area contributed by atoms with E-state index in [4.69, 9.17) is 38.0 Å². The number of aromatic nitrogens is 2. The Labute approximate surface area is 204 Å². The lowest BCUT2D eigenvalue weighted by Crippen LogP contribution is -2.30. The third-order valence-corrected chi connectivity index (χ3v) is 6.15.